The summed E-state index contributed by atoms with van der Waals surface area (Å²) < 4.78 is 1.06. The van der Waals surface area contributed by atoms with Gasteiger partial charge >= 0.3 is 0 Å². The van der Waals surface area contributed by atoms with Gasteiger partial charge in [0, 0.05) is 21.4 Å². The SMILES string of the molecule is CC(C)N(Cc1ccccn1)C(=O)c1cccc(I)c1. The average molecular weight is 380 g/mol. The summed E-state index contributed by atoms with van der Waals surface area (Å²) in [6.07, 6.45) is 1.75. The summed E-state index contributed by atoms with van der Waals surface area (Å²) in [5, 5.41) is 0. The Balaban J connectivity index is 2.23. The maximum absolute atomic E-state index is 12.6. The Morgan fingerprint density at radius 3 is 2.65 bits per heavy atom. The van der Waals surface area contributed by atoms with Gasteiger partial charge in [-0.25, -0.2) is 0 Å². The van der Waals surface area contributed by atoms with E-state index in [0.717, 1.165) is 14.8 Å². The van der Waals surface area contributed by atoms with Crippen LogP contribution in [-0.4, -0.2) is 21.8 Å². The minimum atomic E-state index is 0.0455. The zero-order chi connectivity index (χ0) is 14.5. The largest absolute Gasteiger partial charge is 0.330 e. The fourth-order valence-electron chi connectivity index (χ4n) is 1.94. The van der Waals surface area contributed by atoms with Crippen LogP contribution in [0.15, 0.2) is 48.7 Å². The summed E-state index contributed by atoms with van der Waals surface area (Å²) in [6.45, 7) is 4.58. The Bertz CT molecular complexity index is 584. The third-order valence-electron chi connectivity index (χ3n) is 3.01. The van der Waals surface area contributed by atoms with Gasteiger partial charge in [-0.15, -0.1) is 0 Å². The highest BCUT2D eigenvalue weighted by molar-refractivity contribution is 14.1. The molecule has 1 heterocycles. The van der Waals surface area contributed by atoms with Crippen LogP contribution in [0.1, 0.15) is 29.9 Å². The van der Waals surface area contributed by atoms with Crippen LogP contribution in [0.4, 0.5) is 0 Å². The molecule has 1 amide bonds. The van der Waals surface area contributed by atoms with Crippen LogP contribution in [-0.2, 0) is 6.54 Å². The zero-order valence-electron chi connectivity index (χ0n) is 11.6. The molecule has 4 heteroatoms. The molecule has 0 aliphatic heterocycles. The van der Waals surface area contributed by atoms with Crippen LogP contribution in [0.2, 0.25) is 0 Å². The maximum atomic E-state index is 12.6. The third-order valence-corrected chi connectivity index (χ3v) is 3.69. The molecule has 2 rings (SSSR count). The van der Waals surface area contributed by atoms with Crippen molar-refractivity contribution in [2.45, 2.75) is 26.4 Å². The standard InChI is InChI=1S/C16H17IN2O/c1-12(2)19(11-15-8-3-4-9-18-15)16(20)13-6-5-7-14(17)10-13/h3-10,12H,11H2,1-2H3. The van der Waals surface area contributed by atoms with Gasteiger partial charge in [0.15, 0.2) is 0 Å². The van der Waals surface area contributed by atoms with E-state index in [9.17, 15) is 4.79 Å². The summed E-state index contributed by atoms with van der Waals surface area (Å²) >= 11 is 2.22. The molecule has 104 valence electrons. The van der Waals surface area contributed by atoms with Gasteiger partial charge in [0.2, 0.25) is 0 Å². The van der Waals surface area contributed by atoms with E-state index in [1.54, 1.807) is 6.20 Å². The van der Waals surface area contributed by atoms with Crippen molar-refractivity contribution < 1.29 is 4.79 Å². The second-order valence-electron chi connectivity index (χ2n) is 4.86. The maximum Gasteiger partial charge on any atom is 0.254 e. The van der Waals surface area contributed by atoms with Gasteiger partial charge in [-0.05, 0) is 66.8 Å². The molecule has 0 spiro atoms. The number of rotatable bonds is 4. The topological polar surface area (TPSA) is 33.2 Å². The first-order valence-electron chi connectivity index (χ1n) is 6.54. The Kier molecular flexibility index (Phi) is 5.11. The number of nitrogens with zero attached hydrogens (tertiary/aromatic N) is 2. The molecular formula is C16H17IN2O. The van der Waals surface area contributed by atoms with Crippen LogP contribution in [0.3, 0.4) is 0 Å². The van der Waals surface area contributed by atoms with Crippen molar-refractivity contribution in [1.82, 2.24) is 9.88 Å². The zero-order valence-corrected chi connectivity index (χ0v) is 13.7. The molecule has 0 unspecified atom stereocenters. The van der Waals surface area contributed by atoms with Crippen LogP contribution in [0, 0.1) is 3.57 Å². The highest BCUT2D eigenvalue weighted by atomic mass is 127. The monoisotopic (exact) mass is 380 g/mol. The Hall–Kier alpha value is -1.43. The number of carbonyl (C=O) groups is 1. The summed E-state index contributed by atoms with van der Waals surface area (Å²) in [5.74, 6) is 0.0455. The number of halogens is 1. The van der Waals surface area contributed by atoms with Crippen molar-refractivity contribution in [3.8, 4) is 0 Å². The van der Waals surface area contributed by atoms with E-state index in [2.05, 4.69) is 27.6 Å². The van der Waals surface area contributed by atoms with Crippen LogP contribution in [0.25, 0.3) is 0 Å². The first-order chi connectivity index (χ1) is 9.58. The first-order valence-corrected chi connectivity index (χ1v) is 7.62. The van der Waals surface area contributed by atoms with Crippen molar-refractivity contribution in [1.29, 1.82) is 0 Å². The molecule has 0 N–H and O–H groups in total. The van der Waals surface area contributed by atoms with Crippen LogP contribution in [0.5, 0.6) is 0 Å². The lowest BCUT2D eigenvalue weighted by Crippen LogP contribution is -2.36. The molecule has 0 bridgehead atoms. The van der Waals surface area contributed by atoms with Crippen molar-refractivity contribution >= 4 is 28.5 Å². The van der Waals surface area contributed by atoms with Gasteiger partial charge in [-0.2, -0.15) is 0 Å². The van der Waals surface area contributed by atoms with E-state index in [0.29, 0.717) is 6.54 Å². The number of amides is 1. The Morgan fingerprint density at radius 2 is 2.05 bits per heavy atom. The molecule has 0 saturated carbocycles. The van der Waals surface area contributed by atoms with E-state index >= 15 is 0 Å². The normalized spacial score (nSPS) is 10.6. The first kappa shape index (κ1) is 15.0. The minimum Gasteiger partial charge on any atom is -0.330 e. The van der Waals surface area contributed by atoms with E-state index < -0.39 is 0 Å². The van der Waals surface area contributed by atoms with Gasteiger partial charge in [0.1, 0.15) is 0 Å². The molecule has 3 nitrogen and oxygen atoms in total. The van der Waals surface area contributed by atoms with Crippen LogP contribution < -0.4 is 0 Å². The fourth-order valence-corrected chi connectivity index (χ4v) is 2.49. The van der Waals surface area contributed by atoms with Gasteiger partial charge in [-0.1, -0.05) is 12.1 Å². The van der Waals surface area contributed by atoms with Gasteiger partial charge < -0.3 is 4.90 Å². The number of benzene rings is 1. The summed E-state index contributed by atoms with van der Waals surface area (Å²) in [7, 11) is 0. The predicted octanol–water partition coefficient (Wildman–Crippen LogP) is 3.74. The quantitative estimate of drug-likeness (QED) is 0.758. The van der Waals surface area contributed by atoms with E-state index in [-0.39, 0.29) is 11.9 Å². The second kappa shape index (κ2) is 6.83. The molecule has 20 heavy (non-hydrogen) atoms. The summed E-state index contributed by atoms with van der Waals surface area (Å²) in [6, 6.07) is 13.6. The number of hydrogen-bond acceptors (Lipinski definition) is 2. The molecule has 0 atom stereocenters. The van der Waals surface area contributed by atoms with E-state index in [1.165, 1.54) is 0 Å². The Morgan fingerprint density at radius 1 is 1.25 bits per heavy atom. The molecule has 0 aliphatic rings. The second-order valence-corrected chi connectivity index (χ2v) is 6.10. The van der Waals surface area contributed by atoms with Crippen LogP contribution >= 0.6 is 22.6 Å². The summed E-state index contributed by atoms with van der Waals surface area (Å²) in [4.78, 5) is 18.8. The highest BCUT2D eigenvalue weighted by Crippen LogP contribution is 2.14. The summed E-state index contributed by atoms with van der Waals surface area (Å²) in [5.41, 5.74) is 1.63. The lowest BCUT2D eigenvalue weighted by Gasteiger charge is -2.26. The lowest BCUT2D eigenvalue weighted by atomic mass is 10.1. The lowest BCUT2D eigenvalue weighted by molar-refractivity contribution is 0.0687. The number of aromatic nitrogens is 1. The van der Waals surface area contributed by atoms with Gasteiger partial charge in [-0.3, -0.25) is 9.78 Å². The third kappa shape index (κ3) is 3.79. The molecule has 0 aliphatic carbocycles. The molecule has 0 radical (unpaired) electrons. The smallest absolute Gasteiger partial charge is 0.254 e. The number of pyridine rings is 1. The molecule has 1 aromatic carbocycles. The predicted molar refractivity (Wildman–Crippen MR) is 88.4 cm³/mol. The molecule has 2 aromatic rings. The molecule has 1 aromatic heterocycles. The average Bonchev–Trinajstić information content (AvgIpc) is 2.45. The van der Waals surface area contributed by atoms with Gasteiger partial charge in [0.25, 0.3) is 5.91 Å². The molecule has 0 saturated heterocycles. The van der Waals surface area contributed by atoms with E-state index in [4.69, 9.17) is 0 Å². The minimum absolute atomic E-state index is 0.0455. The van der Waals surface area contributed by atoms with Crippen molar-refractivity contribution in [2.24, 2.45) is 0 Å². The Labute approximate surface area is 133 Å². The number of hydrogen-bond donors (Lipinski definition) is 0. The van der Waals surface area contributed by atoms with Crippen molar-refractivity contribution in [3.05, 3.63) is 63.5 Å². The van der Waals surface area contributed by atoms with E-state index in [1.807, 2.05) is 61.2 Å². The van der Waals surface area contributed by atoms with Crippen molar-refractivity contribution in [2.75, 3.05) is 0 Å². The fraction of sp³-hybridized carbons (Fsp3) is 0.250. The highest BCUT2D eigenvalue weighted by Gasteiger charge is 2.19. The van der Waals surface area contributed by atoms with Gasteiger partial charge in [0.05, 0.1) is 12.2 Å². The molecular weight excluding hydrogens is 363 g/mol. The van der Waals surface area contributed by atoms with Crippen molar-refractivity contribution in [3.63, 3.8) is 0 Å². The molecule has 0 fully saturated rings. The number of carbonyl (C=O) groups excluding carboxylic acids is 1.